The summed E-state index contributed by atoms with van der Waals surface area (Å²) in [6.45, 7) is 5.60. The molecule has 0 bridgehead atoms. The molecule has 1 heterocycles. The van der Waals surface area contributed by atoms with Crippen LogP contribution in [0.4, 0.5) is 17.3 Å². The highest BCUT2D eigenvalue weighted by Crippen LogP contribution is 2.24. The van der Waals surface area contributed by atoms with Crippen LogP contribution in [0, 0.1) is 6.92 Å². The van der Waals surface area contributed by atoms with Crippen molar-refractivity contribution in [2.45, 2.75) is 27.2 Å². The lowest BCUT2D eigenvalue weighted by molar-refractivity contribution is 0.101. The van der Waals surface area contributed by atoms with Crippen molar-refractivity contribution in [2.24, 2.45) is 0 Å². The molecule has 2 N–H and O–H groups in total. The standard InChI is InChI=1S/C22H22N4O2/c1-4-16-7-5-6-14(2)20(16)26-22-23-13-12-19(25-22)21(28)24-18-10-8-17(9-11-18)15(3)27/h5-13H,4H2,1-3H3,(H,24,28)(H,23,25,26). The van der Waals surface area contributed by atoms with Gasteiger partial charge >= 0.3 is 0 Å². The molecule has 0 saturated heterocycles. The fourth-order valence-corrected chi connectivity index (χ4v) is 2.84. The molecule has 1 aromatic heterocycles. The first-order valence-corrected chi connectivity index (χ1v) is 9.09. The summed E-state index contributed by atoms with van der Waals surface area (Å²) in [7, 11) is 0. The molecular formula is C22H22N4O2. The normalized spacial score (nSPS) is 10.4. The molecule has 0 radical (unpaired) electrons. The van der Waals surface area contributed by atoms with Gasteiger partial charge in [-0.3, -0.25) is 9.59 Å². The Morgan fingerprint density at radius 2 is 1.79 bits per heavy atom. The molecule has 3 rings (SSSR count). The van der Waals surface area contributed by atoms with Gasteiger partial charge in [0.25, 0.3) is 5.91 Å². The number of carbonyl (C=O) groups is 2. The average molecular weight is 374 g/mol. The van der Waals surface area contributed by atoms with Crippen molar-refractivity contribution in [3.8, 4) is 0 Å². The predicted octanol–water partition coefficient (Wildman–Crippen LogP) is 4.55. The highest BCUT2D eigenvalue weighted by Gasteiger charge is 2.11. The number of para-hydroxylation sites is 1. The summed E-state index contributed by atoms with van der Waals surface area (Å²) in [4.78, 5) is 32.4. The molecule has 0 aliphatic carbocycles. The van der Waals surface area contributed by atoms with Gasteiger partial charge < -0.3 is 10.6 Å². The van der Waals surface area contributed by atoms with E-state index in [1.165, 1.54) is 6.92 Å². The number of aryl methyl sites for hydroxylation is 2. The van der Waals surface area contributed by atoms with Gasteiger partial charge in [-0.05, 0) is 61.7 Å². The Labute approximate surface area is 164 Å². The van der Waals surface area contributed by atoms with E-state index < -0.39 is 0 Å². The minimum atomic E-state index is -0.346. The van der Waals surface area contributed by atoms with Gasteiger partial charge in [0.2, 0.25) is 5.95 Å². The van der Waals surface area contributed by atoms with Crippen LogP contribution < -0.4 is 10.6 Å². The van der Waals surface area contributed by atoms with Crippen molar-refractivity contribution < 1.29 is 9.59 Å². The molecule has 0 aliphatic rings. The molecule has 142 valence electrons. The second-order valence-corrected chi connectivity index (χ2v) is 6.44. The van der Waals surface area contributed by atoms with Gasteiger partial charge in [0.1, 0.15) is 5.69 Å². The number of amides is 1. The molecule has 6 heteroatoms. The first-order chi connectivity index (χ1) is 13.5. The largest absolute Gasteiger partial charge is 0.324 e. The van der Waals surface area contributed by atoms with Crippen LogP contribution in [-0.4, -0.2) is 21.7 Å². The van der Waals surface area contributed by atoms with Crippen molar-refractivity contribution in [3.05, 3.63) is 77.1 Å². The lowest BCUT2D eigenvalue weighted by Crippen LogP contribution is -2.15. The van der Waals surface area contributed by atoms with Crippen molar-refractivity contribution in [1.82, 2.24) is 9.97 Å². The maximum atomic E-state index is 12.5. The first-order valence-electron chi connectivity index (χ1n) is 9.09. The van der Waals surface area contributed by atoms with E-state index in [1.807, 2.05) is 19.1 Å². The van der Waals surface area contributed by atoms with Gasteiger partial charge in [-0.25, -0.2) is 9.97 Å². The number of hydrogen-bond donors (Lipinski definition) is 2. The van der Waals surface area contributed by atoms with E-state index in [0.29, 0.717) is 17.2 Å². The number of benzene rings is 2. The van der Waals surface area contributed by atoms with Crippen LogP contribution in [0.25, 0.3) is 0 Å². The average Bonchev–Trinajstić information content (AvgIpc) is 2.70. The summed E-state index contributed by atoms with van der Waals surface area (Å²) in [5.41, 5.74) is 4.64. The third-order valence-electron chi connectivity index (χ3n) is 4.41. The van der Waals surface area contributed by atoms with Gasteiger partial charge in [0, 0.05) is 23.1 Å². The minimum absolute atomic E-state index is 0.0213. The predicted molar refractivity (Wildman–Crippen MR) is 110 cm³/mol. The molecule has 0 saturated carbocycles. The molecule has 0 spiro atoms. The molecule has 1 amide bonds. The van der Waals surface area contributed by atoms with E-state index in [4.69, 9.17) is 0 Å². The molecule has 0 aliphatic heterocycles. The summed E-state index contributed by atoms with van der Waals surface area (Å²) in [5.74, 6) is -0.00264. The van der Waals surface area contributed by atoms with Crippen molar-refractivity contribution >= 4 is 29.0 Å². The van der Waals surface area contributed by atoms with E-state index >= 15 is 0 Å². The third kappa shape index (κ3) is 4.40. The van der Waals surface area contributed by atoms with Crippen molar-refractivity contribution in [1.29, 1.82) is 0 Å². The minimum Gasteiger partial charge on any atom is -0.324 e. The number of ketones is 1. The van der Waals surface area contributed by atoms with E-state index in [9.17, 15) is 9.59 Å². The first kappa shape index (κ1) is 19.2. The molecular weight excluding hydrogens is 352 g/mol. The number of aromatic nitrogens is 2. The fraction of sp³-hybridized carbons (Fsp3) is 0.182. The third-order valence-corrected chi connectivity index (χ3v) is 4.41. The Bertz CT molecular complexity index is 1010. The second kappa shape index (κ2) is 8.43. The Hall–Kier alpha value is -3.54. The Kier molecular flexibility index (Phi) is 5.79. The quantitative estimate of drug-likeness (QED) is 0.619. The van der Waals surface area contributed by atoms with Gasteiger partial charge in [-0.2, -0.15) is 0 Å². The zero-order valence-corrected chi connectivity index (χ0v) is 16.1. The smallest absolute Gasteiger partial charge is 0.274 e. The maximum Gasteiger partial charge on any atom is 0.274 e. The molecule has 3 aromatic rings. The summed E-state index contributed by atoms with van der Waals surface area (Å²) in [6.07, 6.45) is 2.42. The topological polar surface area (TPSA) is 84.0 Å². The van der Waals surface area contributed by atoms with Crippen LogP contribution in [0.1, 0.15) is 45.8 Å². The van der Waals surface area contributed by atoms with Crippen LogP contribution in [-0.2, 0) is 6.42 Å². The molecule has 0 unspecified atom stereocenters. The maximum absolute atomic E-state index is 12.5. The summed E-state index contributed by atoms with van der Waals surface area (Å²) < 4.78 is 0. The van der Waals surface area contributed by atoms with Crippen LogP contribution in [0.15, 0.2) is 54.7 Å². The summed E-state index contributed by atoms with van der Waals surface area (Å²) in [5, 5.41) is 6.01. The van der Waals surface area contributed by atoms with Crippen molar-refractivity contribution in [3.63, 3.8) is 0 Å². The molecule has 0 fully saturated rings. The Morgan fingerprint density at radius 3 is 2.46 bits per heavy atom. The number of carbonyl (C=O) groups excluding carboxylic acids is 2. The van der Waals surface area contributed by atoms with Crippen LogP contribution in [0.3, 0.4) is 0 Å². The lowest BCUT2D eigenvalue weighted by atomic mass is 10.1. The number of hydrogen-bond acceptors (Lipinski definition) is 5. The fourth-order valence-electron chi connectivity index (χ4n) is 2.84. The Balaban J connectivity index is 1.77. The number of Topliss-reactive ketones (excluding diaryl/α,β-unsaturated/α-hetero) is 1. The molecule has 28 heavy (non-hydrogen) atoms. The van der Waals surface area contributed by atoms with Crippen LogP contribution in [0.5, 0.6) is 0 Å². The van der Waals surface area contributed by atoms with E-state index in [1.54, 1.807) is 36.5 Å². The van der Waals surface area contributed by atoms with Gasteiger partial charge in [0.15, 0.2) is 5.78 Å². The number of rotatable bonds is 6. The highest BCUT2D eigenvalue weighted by molar-refractivity contribution is 6.03. The number of nitrogens with zero attached hydrogens (tertiary/aromatic N) is 2. The van der Waals surface area contributed by atoms with E-state index in [2.05, 4.69) is 33.6 Å². The van der Waals surface area contributed by atoms with Crippen LogP contribution >= 0.6 is 0 Å². The SMILES string of the molecule is CCc1cccc(C)c1Nc1nccc(C(=O)Nc2ccc(C(C)=O)cc2)n1. The lowest BCUT2D eigenvalue weighted by Gasteiger charge is -2.13. The monoisotopic (exact) mass is 374 g/mol. The van der Waals surface area contributed by atoms with Gasteiger partial charge in [-0.1, -0.05) is 25.1 Å². The summed E-state index contributed by atoms with van der Waals surface area (Å²) in [6, 6.07) is 14.4. The van der Waals surface area contributed by atoms with E-state index in [0.717, 1.165) is 23.2 Å². The highest BCUT2D eigenvalue weighted by atomic mass is 16.2. The van der Waals surface area contributed by atoms with Gasteiger partial charge in [0.05, 0.1) is 0 Å². The molecule has 6 nitrogen and oxygen atoms in total. The van der Waals surface area contributed by atoms with Crippen molar-refractivity contribution in [2.75, 3.05) is 10.6 Å². The van der Waals surface area contributed by atoms with Gasteiger partial charge in [-0.15, -0.1) is 0 Å². The van der Waals surface area contributed by atoms with E-state index in [-0.39, 0.29) is 17.4 Å². The number of nitrogens with one attached hydrogen (secondary N) is 2. The molecule has 2 aromatic carbocycles. The summed E-state index contributed by atoms with van der Waals surface area (Å²) >= 11 is 0. The number of anilines is 3. The second-order valence-electron chi connectivity index (χ2n) is 6.44. The zero-order chi connectivity index (χ0) is 20.1. The molecule has 0 atom stereocenters. The van der Waals surface area contributed by atoms with Crippen LogP contribution in [0.2, 0.25) is 0 Å². The zero-order valence-electron chi connectivity index (χ0n) is 16.1. The Morgan fingerprint density at radius 1 is 1.04 bits per heavy atom.